The predicted molar refractivity (Wildman–Crippen MR) is 98.9 cm³/mol. The molecule has 25 heavy (non-hydrogen) atoms. The molecule has 0 saturated carbocycles. The molecule has 7 heteroatoms. The first-order valence-corrected chi connectivity index (χ1v) is 9.90. The van der Waals surface area contributed by atoms with Crippen LogP contribution in [0, 0.1) is 17.8 Å². The van der Waals surface area contributed by atoms with Crippen LogP contribution in [0.4, 0.5) is 0 Å². The summed E-state index contributed by atoms with van der Waals surface area (Å²) in [5, 5.41) is 26.0. The number of hydrogen-bond acceptors (Lipinski definition) is 0. The molecule has 6 aliphatic rings. The van der Waals surface area contributed by atoms with Crippen molar-refractivity contribution in [2.75, 3.05) is 39.3 Å². The fraction of sp³-hybridized carbons (Fsp3) is 1.00. The fourth-order valence-electron chi connectivity index (χ4n) is 4.63. The van der Waals surface area contributed by atoms with Crippen molar-refractivity contribution in [2.45, 2.75) is 57.0 Å². The minimum atomic E-state index is 0. The van der Waals surface area contributed by atoms with E-state index < -0.39 is 0 Å². The van der Waals surface area contributed by atoms with Gasteiger partial charge < -0.3 is 31.9 Å². The summed E-state index contributed by atoms with van der Waals surface area (Å²) in [6.45, 7) is 6.41. The summed E-state index contributed by atoms with van der Waals surface area (Å²) in [5.41, 5.74) is 0. The van der Waals surface area contributed by atoms with E-state index in [0.717, 1.165) is 57.0 Å². The Balaban J connectivity index is 0.000000107. The van der Waals surface area contributed by atoms with Gasteiger partial charge in [-0.05, 0) is 0 Å². The monoisotopic (exact) mass is 432 g/mol. The first-order chi connectivity index (χ1) is 11.9. The second kappa shape index (κ2) is 10.1. The van der Waals surface area contributed by atoms with Gasteiger partial charge in [0.25, 0.3) is 0 Å². The average Bonchev–Trinajstić information content (AvgIpc) is 3.33. The quantitative estimate of drug-likeness (QED) is 0.508. The van der Waals surface area contributed by atoms with E-state index in [0.29, 0.717) is 18.5 Å². The molecule has 0 amide bonds. The van der Waals surface area contributed by atoms with Crippen LogP contribution in [-0.4, -0.2) is 57.8 Å². The van der Waals surface area contributed by atoms with E-state index in [2.05, 4.69) is 31.9 Å². The topological polar surface area (TPSA) is 84.6 Å². The largest absolute Gasteiger partial charge is 6.00 e. The smallest absolute Gasteiger partial charge is 0.678 e. The van der Waals surface area contributed by atoms with Gasteiger partial charge in [0, 0.05) is 0 Å². The summed E-state index contributed by atoms with van der Waals surface area (Å²) in [4.78, 5) is 0. The van der Waals surface area contributed by atoms with Gasteiger partial charge in [-0.3, -0.25) is 0 Å². The Bertz CT molecular complexity index is 281. The van der Waals surface area contributed by atoms with Crippen LogP contribution >= 0.6 is 0 Å². The molecule has 0 N–H and O–H groups in total. The molecule has 140 valence electrons. The number of nitrogens with zero attached hydrogens (tertiary/aromatic N) is 6. The van der Waals surface area contributed by atoms with Crippen molar-refractivity contribution < 1.29 is 19.5 Å². The molecule has 0 aliphatic carbocycles. The van der Waals surface area contributed by atoms with Crippen molar-refractivity contribution >= 4 is 0 Å². The maximum absolute atomic E-state index is 4.33. The molecule has 6 rings (SSSR count). The molecule has 6 heterocycles. The van der Waals surface area contributed by atoms with Crippen LogP contribution < -0.4 is 0 Å². The van der Waals surface area contributed by atoms with E-state index in [9.17, 15) is 0 Å². The molecular formula is C18H30N6Ru. The summed E-state index contributed by atoms with van der Waals surface area (Å²) >= 11 is 0. The molecule has 6 saturated heterocycles. The zero-order valence-electron chi connectivity index (χ0n) is 15.0. The summed E-state index contributed by atoms with van der Waals surface area (Å²) in [6.07, 6.45) is 9.08. The molecule has 6 aliphatic heterocycles. The standard InChI is InChI=1S/3C6H10N2.Ru/c3*1-3-7-6-5(1)2-4-8-6;/h3*5-6H,1-4H2;/q3*-2;+6. The van der Waals surface area contributed by atoms with Crippen molar-refractivity contribution in [2.24, 2.45) is 17.8 Å². The van der Waals surface area contributed by atoms with Crippen molar-refractivity contribution in [1.82, 2.24) is 0 Å². The average molecular weight is 432 g/mol. The summed E-state index contributed by atoms with van der Waals surface area (Å²) in [7, 11) is 0. The molecule has 0 unspecified atom stereocenters. The Morgan fingerprint density at radius 3 is 0.720 bits per heavy atom. The predicted octanol–water partition coefficient (Wildman–Crippen LogP) is 4.45. The van der Waals surface area contributed by atoms with E-state index in [4.69, 9.17) is 0 Å². The molecule has 0 spiro atoms. The first-order valence-electron chi connectivity index (χ1n) is 9.90. The van der Waals surface area contributed by atoms with E-state index in [1.807, 2.05) is 0 Å². The number of fused-ring (bicyclic) bond motifs is 3. The Labute approximate surface area is 165 Å². The second-order valence-corrected chi connectivity index (χ2v) is 7.69. The molecule has 6 fully saturated rings. The van der Waals surface area contributed by atoms with E-state index in [-0.39, 0.29) is 19.5 Å². The van der Waals surface area contributed by atoms with Gasteiger partial charge in [0.15, 0.2) is 0 Å². The first kappa shape index (κ1) is 20.1. The normalized spacial score (nSPS) is 43.2. The fourth-order valence-corrected chi connectivity index (χ4v) is 4.63. The Morgan fingerprint density at radius 2 is 0.560 bits per heavy atom. The molecule has 0 radical (unpaired) electrons. The summed E-state index contributed by atoms with van der Waals surface area (Å²) in [6, 6.07) is 0. The number of rotatable bonds is 0. The number of hydrogen-bond donors (Lipinski definition) is 0. The minimum Gasteiger partial charge on any atom is -0.678 e. The van der Waals surface area contributed by atoms with Crippen LogP contribution in [0.2, 0.25) is 0 Å². The van der Waals surface area contributed by atoms with Crippen LogP contribution in [0.1, 0.15) is 38.5 Å². The third-order valence-corrected chi connectivity index (χ3v) is 6.16. The third-order valence-electron chi connectivity index (χ3n) is 6.16. The van der Waals surface area contributed by atoms with Crippen molar-refractivity contribution in [1.29, 1.82) is 0 Å². The van der Waals surface area contributed by atoms with Crippen LogP contribution in [-0.2, 0) is 19.5 Å². The third kappa shape index (κ3) is 5.22. The van der Waals surface area contributed by atoms with Crippen molar-refractivity contribution in [3.8, 4) is 0 Å². The van der Waals surface area contributed by atoms with Gasteiger partial charge in [-0.15, -0.1) is 39.3 Å². The molecule has 0 bridgehead atoms. The second-order valence-electron chi connectivity index (χ2n) is 7.69. The van der Waals surface area contributed by atoms with Gasteiger partial charge in [0.2, 0.25) is 0 Å². The minimum absolute atomic E-state index is 0. The van der Waals surface area contributed by atoms with Gasteiger partial charge >= 0.3 is 19.5 Å². The van der Waals surface area contributed by atoms with Crippen LogP contribution in [0.15, 0.2) is 0 Å². The molecular weight excluding hydrogens is 401 g/mol. The van der Waals surface area contributed by atoms with Crippen LogP contribution in [0.25, 0.3) is 31.9 Å². The van der Waals surface area contributed by atoms with Crippen LogP contribution in [0.5, 0.6) is 0 Å². The van der Waals surface area contributed by atoms with E-state index in [1.165, 1.54) is 38.5 Å². The molecule has 0 atom stereocenters. The molecule has 0 aromatic rings. The maximum Gasteiger partial charge on any atom is 6.00 e. The molecule has 0 aromatic heterocycles. The van der Waals surface area contributed by atoms with Gasteiger partial charge in [0.05, 0.1) is 0 Å². The van der Waals surface area contributed by atoms with Crippen molar-refractivity contribution in [3.63, 3.8) is 0 Å². The maximum atomic E-state index is 4.33. The Hall–Kier alpha value is 0.383. The molecule has 0 aromatic carbocycles. The van der Waals surface area contributed by atoms with Crippen LogP contribution in [0.3, 0.4) is 0 Å². The SMILES string of the molecule is C1CC2CC[N-]C2[N-]1.C1CC2CC[N-]C2[N-]1.C1CC2CC[N-]C2[N-]1.[Ru+6]. The molecule has 6 nitrogen and oxygen atoms in total. The summed E-state index contributed by atoms with van der Waals surface area (Å²) < 4.78 is 0. The van der Waals surface area contributed by atoms with Crippen molar-refractivity contribution in [3.05, 3.63) is 31.9 Å². The van der Waals surface area contributed by atoms with E-state index >= 15 is 0 Å². The zero-order valence-corrected chi connectivity index (χ0v) is 16.7. The Morgan fingerprint density at radius 1 is 0.360 bits per heavy atom. The van der Waals surface area contributed by atoms with Gasteiger partial charge in [0.1, 0.15) is 0 Å². The van der Waals surface area contributed by atoms with Gasteiger partial charge in [-0.25, -0.2) is 18.5 Å². The zero-order chi connectivity index (χ0) is 16.2. The Kier molecular flexibility index (Phi) is 8.11. The van der Waals surface area contributed by atoms with E-state index in [1.54, 1.807) is 0 Å². The van der Waals surface area contributed by atoms with Gasteiger partial charge in [-0.1, -0.05) is 56.3 Å². The summed E-state index contributed by atoms with van der Waals surface area (Å²) in [5.74, 6) is 2.53. The van der Waals surface area contributed by atoms with Gasteiger partial charge in [-0.2, -0.15) is 0 Å².